The first-order chi connectivity index (χ1) is 22.8. The molecule has 1 aromatic carbocycles. The molecule has 3 heterocycles. The molecule has 1 aromatic heterocycles. The number of aromatic nitrogens is 1. The first-order valence-corrected chi connectivity index (χ1v) is 17.6. The van der Waals surface area contributed by atoms with Gasteiger partial charge in [0.15, 0.2) is 0 Å². The van der Waals surface area contributed by atoms with Crippen LogP contribution in [0.25, 0.3) is 10.9 Å². The highest BCUT2D eigenvalue weighted by Gasteiger charge is 2.26. The summed E-state index contributed by atoms with van der Waals surface area (Å²) in [5.74, 6) is 1.66. The number of amides is 3. The molecule has 2 saturated heterocycles. The molecule has 256 valence electrons. The summed E-state index contributed by atoms with van der Waals surface area (Å²) >= 11 is 0. The second-order valence-electron chi connectivity index (χ2n) is 13.6. The molecule has 47 heavy (non-hydrogen) atoms. The number of nitrogens with one attached hydrogen (secondary N) is 2. The van der Waals surface area contributed by atoms with Crippen LogP contribution in [0.5, 0.6) is 0 Å². The summed E-state index contributed by atoms with van der Waals surface area (Å²) in [7, 11) is 1.61. The molecule has 2 aliphatic heterocycles. The molecule has 3 amide bonds. The predicted octanol–water partition coefficient (Wildman–Crippen LogP) is 3.26. The van der Waals surface area contributed by atoms with Gasteiger partial charge in [0.25, 0.3) is 5.91 Å². The van der Waals surface area contributed by atoms with Gasteiger partial charge in [-0.05, 0) is 93.8 Å². The van der Waals surface area contributed by atoms with Crippen molar-refractivity contribution in [3.8, 4) is 0 Å². The van der Waals surface area contributed by atoms with Gasteiger partial charge in [0, 0.05) is 63.8 Å². The van der Waals surface area contributed by atoms with Gasteiger partial charge in [-0.1, -0.05) is 25.3 Å². The molecule has 0 radical (unpaired) electrons. The maximum absolute atomic E-state index is 12.5. The number of hydrogen-bond donors (Lipinski definition) is 4. The molecule has 11 heteroatoms. The van der Waals surface area contributed by atoms with Crippen molar-refractivity contribution < 1.29 is 14.4 Å². The second-order valence-corrected chi connectivity index (χ2v) is 13.6. The van der Waals surface area contributed by atoms with Gasteiger partial charge < -0.3 is 41.4 Å². The molecule has 3 aliphatic rings. The maximum atomic E-state index is 12.5. The SMILES string of the molecule is CNC(=O)CCN(C=O)c1cccc2c1ccn2CC1CCN(CC2CCN(/C(N)=C/C=C(\N)C(=O)NC3CCCCC3)CC2)CC1. The minimum absolute atomic E-state index is 0.0813. The number of likely N-dealkylation sites (tertiary alicyclic amines) is 2. The van der Waals surface area contributed by atoms with Crippen LogP contribution in [-0.2, 0) is 20.9 Å². The van der Waals surface area contributed by atoms with Gasteiger partial charge in [-0.3, -0.25) is 14.4 Å². The van der Waals surface area contributed by atoms with Crippen LogP contribution >= 0.6 is 0 Å². The Hall–Kier alpha value is -3.99. The lowest BCUT2D eigenvalue weighted by molar-refractivity contribution is -0.120. The Bertz CT molecular complexity index is 1410. The molecule has 0 unspecified atom stereocenters. The third-order valence-corrected chi connectivity index (χ3v) is 10.4. The normalized spacial score (nSPS) is 19.6. The van der Waals surface area contributed by atoms with E-state index in [2.05, 4.69) is 43.3 Å². The summed E-state index contributed by atoms with van der Waals surface area (Å²) in [6.07, 6.45) is 16.8. The lowest BCUT2D eigenvalue weighted by Gasteiger charge is -2.38. The summed E-state index contributed by atoms with van der Waals surface area (Å²) < 4.78 is 2.32. The Balaban J connectivity index is 1.05. The largest absolute Gasteiger partial charge is 0.394 e. The number of rotatable bonds is 13. The van der Waals surface area contributed by atoms with E-state index in [1.165, 1.54) is 19.3 Å². The zero-order chi connectivity index (χ0) is 33.2. The van der Waals surface area contributed by atoms with Crippen LogP contribution in [0.1, 0.15) is 64.2 Å². The highest BCUT2D eigenvalue weighted by Crippen LogP contribution is 2.30. The fourth-order valence-electron chi connectivity index (χ4n) is 7.43. The Morgan fingerprint density at radius 1 is 0.915 bits per heavy atom. The molecule has 11 nitrogen and oxygen atoms in total. The standard InChI is InChI=1S/C36H54N8O3/c1-39-35(46)17-23-44(26-45)33-9-5-8-32-30(33)16-22-43(32)25-28-12-18-41(19-13-28)24-27-14-20-42(21-15-27)34(38)11-10-31(37)36(47)40-29-6-3-2-4-7-29/h5,8-11,16,22,26-29H,2-4,6-7,12-15,17-21,23-25,37-38H2,1H3,(H,39,46)(H,40,47)/b31-10-,34-11+. The minimum atomic E-state index is -0.198. The zero-order valence-corrected chi connectivity index (χ0v) is 28.0. The lowest BCUT2D eigenvalue weighted by Crippen LogP contribution is -2.42. The number of carbonyl (C=O) groups excluding carboxylic acids is 3. The van der Waals surface area contributed by atoms with Crippen molar-refractivity contribution >= 4 is 34.8 Å². The number of hydrogen-bond acceptors (Lipinski definition) is 7. The Labute approximate surface area is 279 Å². The molecule has 0 atom stereocenters. The average molecular weight is 647 g/mol. The molecule has 0 spiro atoms. The van der Waals surface area contributed by atoms with Crippen molar-refractivity contribution in [1.29, 1.82) is 0 Å². The number of anilines is 1. The lowest BCUT2D eigenvalue weighted by atomic mass is 9.92. The molecule has 0 bridgehead atoms. The first-order valence-electron chi connectivity index (χ1n) is 17.6. The minimum Gasteiger partial charge on any atom is -0.394 e. The van der Waals surface area contributed by atoms with Crippen LogP contribution in [0.15, 0.2) is 54.1 Å². The van der Waals surface area contributed by atoms with Crippen molar-refractivity contribution in [2.75, 3.05) is 51.2 Å². The van der Waals surface area contributed by atoms with Gasteiger partial charge in [-0.25, -0.2) is 0 Å². The Morgan fingerprint density at radius 2 is 1.62 bits per heavy atom. The smallest absolute Gasteiger partial charge is 0.267 e. The van der Waals surface area contributed by atoms with E-state index in [9.17, 15) is 14.4 Å². The highest BCUT2D eigenvalue weighted by molar-refractivity contribution is 5.97. The van der Waals surface area contributed by atoms with E-state index < -0.39 is 0 Å². The van der Waals surface area contributed by atoms with Gasteiger partial charge in [0.1, 0.15) is 0 Å². The average Bonchev–Trinajstić information content (AvgIpc) is 3.51. The van der Waals surface area contributed by atoms with E-state index in [0.29, 0.717) is 24.2 Å². The molecule has 1 aliphatic carbocycles. The van der Waals surface area contributed by atoms with Crippen LogP contribution < -0.4 is 27.0 Å². The molecule has 2 aromatic rings. The number of benzene rings is 1. The first kappa shape index (κ1) is 34.3. The molecule has 3 fully saturated rings. The van der Waals surface area contributed by atoms with Gasteiger partial charge in [-0.2, -0.15) is 0 Å². The van der Waals surface area contributed by atoms with Crippen LogP contribution in [0.3, 0.4) is 0 Å². The van der Waals surface area contributed by atoms with Gasteiger partial charge in [0.05, 0.1) is 22.7 Å². The van der Waals surface area contributed by atoms with Gasteiger partial charge in [0.2, 0.25) is 12.3 Å². The molecule has 5 rings (SSSR count). The topological polar surface area (TPSA) is 142 Å². The van der Waals surface area contributed by atoms with E-state index in [4.69, 9.17) is 11.5 Å². The van der Waals surface area contributed by atoms with Crippen LogP contribution in [-0.4, -0.2) is 84.9 Å². The summed E-state index contributed by atoms with van der Waals surface area (Å²) in [6, 6.07) is 8.38. The van der Waals surface area contributed by atoms with Crippen LogP contribution in [0.2, 0.25) is 0 Å². The summed E-state index contributed by atoms with van der Waals surface area (Å²) in [6.45, 7) is 6.51. The van der Waals surface area contributed by atoms with Crippen molar-refractivity contribution in [2.45, 2.75) is 76.8 Å². The number of fused-ring (bicyclic) bond motifs is 1. The van der Waals surface area contributed by atoms with E-state index in [1.807, 2.05) is 12.1 Å². The number of nitrogens with two attached hydrogens (primary N) is 2. The van der Waals surface area contributed by atoms with E-state index in [0.717, 1.165) is 101 Å². The summed E-state index contributed by atoms with van der Waals surface area (Å²) in [5, 5.41) is 6.72. The molecular formula is C36H54N8O3. The summed E-state index contributed by atoms with van der Waals surface area (Å²) in [4.78, 5) is 42.5. The third-order valence-electron chi connectivity index (χ3n) is 10.4. The predicted molar refractivity (Wildman–Crippen MR) is 187 cm³/mol. The highest BCUT2D eigenvalue weighted by atomic mass is 16.2. The second kappa shape index (κ2) is 16.7. The number of nitrogens with zero attached hydrogens (tertiary/aromatic N) is 4. The van der Waals surface area contributed by atoms with Crippen molar-refractivity contribution in [3.05, 3.63) is 54.1 Å². The number of carbonyl (C=O) groups is 3. The van der Waals surface area contributed by atoms with E-state index >= 15 is 0 Å². The van der Waals surface area contributed by atoms with E-state index in [1.54, 1.807) is 24.1 Å². The van der Waals surface area contributed by atoms with Crippen molar-refractivity contribution in [1.82, 2.24) is 25.0 Å². The van der Waals surface area contributed by atoms with Crippen LogP contribution in [0, 0.1) is 11.8 Å². The fourth-order valence-corrected chi connectivity index (χ4v) is 7.43. The van der Waals surface area contributed by atoms with E-state index in [-0.39, 0.29) is 30.0 Å². The summed E-state index contributed by atoms with van der Waals surface area (Å²) in [5.41, 5.74) is 14.6. The third kappa shape index (κ3) is 9.31. The Kier molecular flexibility index (Phi) is 12.2. The Morgan fingerprint density at radius 3 is 2.32 bits per heavy atom. The molecular weight excluding hydrogens is 592 g/mol. The van der Waals surface area contributed by atoms with Crippen LogP contribution in [0.4, 0.5) is 5.69 Å². The van der Waals surface area contributed by atoms with Gasteiger partial charge >= 0.3 is 0 Å². The monoisotopic (exact) mass is 646 g/mol. The quantitative estimate of drug-likeness (QED) is 0.149. The molecule has 6 N–H and O–H groups in total. The molecule has 1 saturated carbocycles. The zero-order valence-electron chi connectivity index (χ0n) is 28.0. The fraction of sp³-hybridized carbons (Fsp3) is 0.583. The van der Waals surface area contributed by atoms with Crippen molar-refractivity contribution in [2.24, 2.45) is 23.3 Å². The van der Waals surface area contributed by atoms with Gasteiger partial charge in [-0.15, -0.1) is 0 Å². The maximum Gasteiger partial charge on any atom is 0.267 e. The van der Waals surface area contributed by atoms with Crippen molar-refractivity contribution in [3.63, 3.8) is 0 Å². The number of allylic oxidation sites excluding steroid dienone is 2. The number of piperidine rings is 2.